The quantitative estimate of drug-likeness (QED) is 0.903. The molecular weight excluding hydrogens is 275 g/mol. The van der Waals surface area contributed by atoms with Gasteiger partial charge in [-0.15, -0.1) is 0 Å². The number of nitrogens with one attached hydrogen (secondary N) is 1. The lowest BCUT2D eigenvalue weighted by Gasteiger charge is -2.07. The second-order valence-corrected chi connectivity index (χ2v) is 4.01. The van der Waals surface area contributed by atoms with E-state index in [9.17, 15) is 9.18 Å². The zero-order chi connectivity index (χ0) is 11.5. The smallest absolute Gasteiger partial charge is 0.268 e. The molecule has 0 saturated carbocycles. The van der Waals surface area contributed by atoms with E-state index < -0.39 is 5.82 Å². The zero-order valence-corrected chi connectivity index (χ0v) is 9.74. The fourth-order valence-corrected chi connectivity index (χ4v) is 1.68. The molecule has 3 nitrogen and oxygen atoms in total. The van der Waals surface area contributed by atoms with Crippen LogP contribution in [0.15, 0.2) is 47.2 Å². The second kappa shape index (κ2) is 4.49. The molecule has 0 saturated heterocycles. The number of hydrogen-bond donors (Lipinski definition) is 1. The molecule has 2 aromatic rings. The number of aromatic nitrogens is 1. The Bertz CT molecular complexity index is 511. The number of carbonyl (C=O) groups is 1. The third-order valence-electron chi connectivity index (χ3n) is 2.01. The van der Waals surface area contributed by atoms with Gasteiger partial charge in [-0.05, 0) is 46.3 Å². The molecule has 0 spiro atoms. The van der Waals surface area contributed by atoms with Gasteiger partial charge in [0.2, 0.25) is 0 Å². The van der Waals surface area contributed by atoms with Crippen LogP contribution in [0.2, 0.25) is 0 Å². The Kier molecular flexibility index (Phi) is 3.05. The molecule has 0 radical (unpaired) electrons. The summed E-state index contributed by atoms with van der Waals surface area (Å²) in [6.07, 6.45) is 3.37. The summed E-state index contributed by atoms with van der Waals surface area (Å²) in [7, 11) is 0. The molecule has 1 aromatic heterocycles. The second-order valence-electron chi connectivity index (χ2n) is 3.16. The normalized spacial score (nSPS) is 10.1. The van der Waals surface area contributed by atoms with Crippen molar-refractivity contribution >= 4 is 21.8 Å². The highest BCUT2D eigenvalue weighted by atomic mass is 79.9. The van der Waals surface area contributed by atoms with Crippen molar-refractivity contribution < 1.29 is 9.18 Å². The van der Waals surface area contributed by atoms with Crippen molar-refractivity contribution in [3.63, 3.8) is 0 Å². The average Bonchev–Trinajstić information content (AvgIpc) is 2.74. The van der Waals surface area contributed by atoms with Crippen LogP contribution >= 0.6 is 15.9 Å². The van der Waals surface area contributed by atoms with Gasteiger partial charge in [0.25, 0.3) is 5.91 Å². The van der Waals surface area contributed by atoms with Crippen LogP contribution in [0.25, 0.3) is 0 Å². The Balaban J connectivity index is 2.24. The van der Waals surface area contributed by atoms with Crippen LogP contribution in [-0.4, -0.2) is 10.6 Å². The third kappa shape index (κ3) is 2.30. The van der Waals surface area contributed by atoms with Crippen molar-refractivity contribution in [3.05, 3.63) is 58.6 Å². The minimum Gasteiger partial charge on any atom is -0.268 e. The van der Waals surface area contributed by atoms with E-state index >= 15 is 0 Å². The Morgan fingerprint density at radius 1 is 1.31 bits per heavy atom. The lowest BCUT2D eigenvalue weighted by Crippen LogP contribution is -2.21. The molecular formula is C11H8BrFN2O. The van der Waals surface area contributed by atoms with Crippen LogP contribution in [0.4, 0.5) is 4.39 Å². The maximum Gasteiger partial charge on any atom is 0.271 e. The number of halogens is 2. The highest BCUT2D eigenvalue weighted by molar-refractivity contribution is 9.10. The largest absolute Gasteiger partial charge is 0.271 e. The van der Waals surface area contributed by atoms with Crippen LogP contribution in [0.3, 0.4) is 0 Å². The van der Waals surface area contributed by atoms with E-state index in [0.29, 0.717) is 4.47 Å². The molecule has 1 aromatic carbocycles. The Morgan fingerprint density at radius 2 is 2.00 bits per heavy atom. The summed E-state index contributed by atoms with van der Waals surface area (Å²) < 4.78 is 15.0. The fraction of sp³-hybridized carbons (Fsp3) is 0. The van der Waals surface area contributed by atoms with Gasteiger partial charge >= 0.3 is 0 Å². The van der Waals surface area contributed by atoms with Gasteiger partial charge in [-0.1, -0.05) is 0 Å². The summed E-state index contributed by atoms with van der Waals surface area (Å²) in [5, 5.41) is 0. The van der Waals surface area contributed by atoms with Crippen molar-refractivity contribution in [2.45, 2.75) is 0 Å². The van der Waals surface area contributed by atoms with E-state index in [1.165, 1.54) is 22.9 Å². The lowest BCUT2D eigenvalue weighted by molar-refractivity contribution is 0.101. The van der Waals surface area contributed by atoms with Gasteiger partial charge in [0, 0.05) is 16.9 Å². The van der Waals surface area contributed by atoms with Gasteiger partial charge in [-0.3, -0.25) is 14.9 Å². The molecule has 5 heteroatoms. The van der Waals surface area contributed by atoms with Gasteiger partial charge in [0.1, 0.15) is 5.82 Å². The number of benzene rings is 1. The van der Waals surface area contributed by atoms with Crippen molar-refractivity contribution in [3.8, 4) is 0 Å². The van der Waals surface area contributed by atoms with E-state index in [1.807, 2.05) is 0 Å². The summed E-state index contributed by atoms with van der Waals surface area (Å²) in [5.41, 5.74) is 2.85. The highest BCUT2D eigenvalue weighted by Crippen LogP contribution is 2.17. The third-order valence-corrected chi connectivity index (χ3v) is 2.70. The van der Waals surface area contributed by atoms with Crippen LogP contribution in [-0.2, 0) is 0 Å². The molecule has 2 rings (SSSR count). The minimum atomic E-state index is -0.444. The SMILES string of the molecule is O=C(Nn1cccc1)c1cc(F)ccc1Br. The molecule has 0 unspecified atom stereocenters. The van der Waals surface area contributed by atoms with Crippen LogP contribution in [0, 0.1) is 5.82 Å². The predicted octanol–water partition coefficient (Wildman–Crippen LogP) is 2.77. The topological polar surface area (TPSA) is 34.0 Å². The summed E-state index contributed by atoms with van der Waals surface area (Å²) in [6, 6.07) is 7.53. The molecule has 0 aliphatic rings. The molecule has 0 aliphatic heterocycles. The Hall–Kier alpha value is -1.62. The highest BCUT2D eigenvalue weighted by Gasteiger charge is 2.10. The van der Waals surface area contributed by atoms with Crippen molar-refractivity contribution in [1.82, 2.24) is 4.68 Å². The molecule has 82 valence electrons. The number of nitrogens with zero attached hydrogens (tertiary/aromatic N) is 1. The van der Waals surface area contributed by atoms with Crippen molar-refractivity contribution in [1.29, 1.82) is 0 Å². The molecule has 0 bridgehead atoms. The summed E-state index contributed by atoms with van der Waals surface area (Å²) in [4.78, 5) is 11.8. The zero-order valence-electron chi connectivity index (χ0n) is 8.15. The van der Waals surface area contributed by atoms with Crippen LogP contribution in [0.1, 0.15) is 10.4 Å². The van der Waals surface area contributed by atoms with Gasteiger partial charge in [-0.25, -0.2) is 4.39 Å². The first-order chi connectivity index (χ1) is 7.66. The Morgan fingerprint density at radius 3 is 2.69 bits per heavy atom. The first-order valence-electron chi connectivity index (χ1n) is 4.56. The maximum absolute atomic E-state index is 13.0. The lowest BCUT2D eigenvalue weighted by atomic mass is 10.2. The number of amides is 1. The monoisotopic (exact) mass is 282 g/mol. The van der Waals surface area contributed by atoms with Gasteiger partial charge < -0.3 is 0 Å². The molecule has 1 amide bonds. The number of hydrogen-bond acceptors (Lipinski definition) is 1. The molecule has 1 N–H and O–H groups in total. The van der Waals surface area contributed by atoms with Gasteiger partial charge in [-0.2, -0.15) is 0 Å². The molecule has 1 heterocycles. The first kappa shape index (κ1) is 10.9. The van der Waals surface area contributed by atoms with E-state index in [2.05, 4.69) is 21.4 Å². The Labute approximate surface area is 100.0 Å². The van der Waals surface area contributed by atoms with Crippen molar-refractivity contribution in [2.75, 3.05) is 5.43 Å². The van der Waals surface area contributed by atoms with Gasteiger partial charge in [0.15, 0.2) is 0 Å². The van der Waals surface area contributed by atoms with Crippen LogP contribution in [0.5, 0.6) is 0 Å². The summed E-state index contributed by atoms with van der Waals surface area (Å²) >= 11 is 3.20. The summed E-state index contributed by atoms with van der Waals surface area (Å²) in [6.45, 7) is 0. The molecule has 16 heavy (non-hydrogen) atoms. The van der Waals surface area contributed by atoms with Crippen molar-refractivity contribution in [2.24, 2.45) is 0 Å². The predicted molar refractivity (Wildman–Crippen MR) is 62.2 cm³/mol. The standard InChI is InChI=1S/C11H8BrFN2O/c12-10-4-3-8(13)7-9(10)11(16)14-15-5-1-2-6-15/h1-7H,(H,14,16). The number of carbonyl (C=O) groups excluding carboxylic acids is 1. The van der Waals surface area contributed by atoms with E-state index in [1.54, 1.807) is 24.5 Å². The average molecular weight is 283 g/mol. The first-order valence-corrected chi connectivity index (χ1v) is 5.35. The minimum absolute atomic E-state index is 0.258. The van der Waals surface area contributed by atoms with Gasteiger partial charge in [0.05, 0.1) is 5.56 Å². The van der Waals surface area contributed by atoms with E-state index in [-0.39, 0.29) is 11.5 Å². The van der Waals surface area contributed by atoms with Crippen LogP contribution < -0.4 is 5.43 Å². The number of rotatable bonds is 2. The van der Waals surface area contributed by atoms with E-state index in [4.69, 9.17) is 0 Å². The summed E-state index contributed by atoms with van der Waals surface area (Å²) in [5.74, 6) is -0.816. The molecule has 0 aliphatic carbocycles. The fourth-order valence-electron chi connectivity index (χ4n) is 1.26. The van der Waals surface area contributed by atoms with E-state index in [0.717, 1.165) is 0 Å². The molecule has 0 fully saturated rings. The maximum atomic E-state index is 13.0. The molecule has 0 atom stereocenters.